The van der Waals surface area contributed by atoms with Crippen LogP contribution in [0.2, 0.25) is 0 Å². The number of ether oxygens (including phenoxy) is 1. The maximum Gasteiger partial charge on any atom is 0.192 e. The van der Waals surface area contributed by atoms with Crippen LogP contribution in [-0.4, -0.2) is 29.4 Å². The van der Waals surface area contributed by atoms with Crippen LogP contribution in [0.3, 0.4) is 0 Å². The number of rotatable bonds is 8. The van der Waals surface area contributed by atoms with Gasteiger partial charge in [0, 0.05) is 31.6 Å². The molecule has 1 aromatic heterocycles. The molecule has 0 aliphatic heterocycles. The molecule has 0 bridgehead atoms. The van der Waals surface area contributed by atoms with E-state index < -0.39 is 0 Å². The van der Waals surface area contributed by atoms with Crippen molar-refractivity contribution < 1.29 is 9.13 Å². The standard InChI is InChI=1S/C23H28FN5O.HI/c1-4-25-23(26-15-18-9-10-22(24)20(13-18)16-30-3)28-17(2)19-7-5-8-21(14-19)29-12-6-11-27-29;/h5-14,17H,4,15-16H2,1-3H3,(H2,25,26,28);1H. The van der Waals surface area contributed by atoms with Crippen LogP contribution in [0.4, 0.5) is 4.39 Å². The van der Waals surface area contributed by atoms with Crippen LogP contribution < -0.4 is 10.6 Å². The lowest BCUT2D eigenvalue weighted by atomic mass is 10.1. The Balaban J connectivity index is 0.00000341. The molecule has 0 fully saturated rings. The highest BCUT2D eigenvalue weighted by Crippen LogP contribution is 2.17. The second-order valence-corrected chi connectivity index (χ2v) is 6.97. The van der Waals surface area contributed by atoms with Crippen LogP contribution in [0.5, 0.6) is 0 Å². The number of methoxy groups -OCH3 is 1. The van der Waals surface area contributed by atoms with E-state index in [0.29, 0.717) is 18.1 Å². The quantitative estimate of drug-likeness (QED) is 0.251. The van der Waals surface area contributed by atoms with Gasteiger partial charge >= 0.3 is 0 Å². The number of benzene rings is 2. The molecule has 1 heterocycles. The molecule has 3 rings (SSSR count). The van der Waals surface area contributed by atoms with Gasteiger partial charge in [-0.3, -0.25) is 0 Å². The molecule has 0 spiro atoms. The van der Waals surface area contributed by atoms with Crippen LogP contribution in [0.1, 0.15) is 36.6 Å². The van der Waals surface area contributed by atoms with Crippen LogP contribution in [0, 0.1) is 5.82 Å². The second kappa shape index (κ2) is 12.4. The number of hydrogen-bond donors (Lipinski definition) is 2. The van der Waals surface area contributed by atoms with Gasteiger partial charge in [-0.2, -0.15) is 5.10 Å². The zero-order valence-electron chi connectivity index (χ0n) is 18.0. The van der Waals surface area contributed by atoms with E-state index in [1.54, 1.807) is 25.4 Å². The third-order valence-electron chi connectivity index (χ3n) is 4.67. The van der Waals surface area contributed by atoms with Crippen LogP contribution in [-0.2, 0) is 17.9 Å². The normalized spacial score (nSPS) is 12.2. The highest BCUT2D eigenvalue weighted by atomic mass is 127. The number of halogens is 2. The molecule has 0 aliphatic rings. The Labute approximate surface area is 199 Å². The highest BCUT2D eigenvalue weighted by Gasteiger charge is 2.10. The number of aliphatic imine (C=N–C) groups is 1. The molecule has 3 aromatic rings. The summed E-state index contributed by atoms with van der Waals surface area (Å²) in [5.41, 5.74) is 3.59. The second-order valence-electron chi connectivity index (χ2n) is 6.97. The number of guanidine groups is 1. The lowest BCUT2D eigenvalue weighted by molar-refractivity contribution is 0.181. The molecule has 166 valence electrons. The summed E-state index contributed by atoms with van der Waals surface area (Å²) in [5, 5.41) is 11.0. The van der Waals surface area contributed by atoms with Gasteiger partial charge in [-0.05, 0) is 55.3 Å². The maximum atomic E-state index is 13.8. The van der Waals surface area contributed by atoms with Crippen molar-refractivity contribution in [1.29, 1.82) is 0 Å². The van der Waals surface area contributed by atoms with E-state index in [4.69, 9.17) is 4.74 Å². The SMILES string of the molecule is CCNC(=NCc1ccc(F)c(COC)c1)NC(C)c1cccc(-n2cccn2)c1.I. The predicted octanol–water partition coefficient (Wildman–Crippen LogP) is 4.59. The van der Waals surface area contributed by atoms with Gasteiger partial charge in [0.25, 0.3) is 0 Å². The molecule has 2 N–H and O–H groups in total. The first-order chi connectivity index (χ1) is 14.6. The lowest BCUT2D eigenvalue weighted by Gasteiger charge is -2.19. The van der Waals surface area contributed by atoms with Crippen molar-refractivity contribution in [2.24, 2.45) is 4.99 Å². The number of aromatic nitrogens is 2. The smallest absolute Gasteiger partial charge is 0.192 e. The van der Waals surface area contributed by atoms with Gasteiger partial charge in [0.2, 0.25) is 0 Å². The monoisotopic (exact) mass is 537 g/mol. The zero-order chi connectivity index (χ0) is 21.3. The summed E-state index contributed by atoms with van der Waals surface area (Å²) in [7, 11) is 1.56. The summed E-state index contributed by atoms with van der Waals surface area (Å²) in [6, 6.07) is 15.2. The molecule has 0 saturated heterocycles. The first-order valence-electron chi connectivity index (χ1n) is 10.0. The van der Waals surface area contributed by atoms with Crippen LogP contribution >= 0.6 is 24.0 Å². The molecule has 0 radical (unpaired) electrons. The van der Waals surface area contributed by atoms with Crippen molar-refractivity contribution in [3.8, 4) is 5.69 Å². The number of hydrogen-bond acceptors (Lipinski definition) is 3. The van der Waals surface area contributed by atoms with Crippen molar-refractivity contribution in [3.63, 3.8) is 0 Å². The Bertz CT molecular complexity index is 978. The minimum atomic E-state index is -0.264. The van der Waals surface area contributed by atoms with E-state index in [2.05, 4.69) is 39.8 Å². The number of nitrogens with one attached hydrogen (secondary N) is 2. The van der Waals surface area contributed by atoms with Crippen molar-refractivity contribution in [3.05, 3.63) is 83.4 Å². The average Bonchev–Trinajstić information content (AvgIpc) is 3.29. The third kappa shape index (κ3) is 7.03. The summed E-state index contributed by atoms with van der Waals surface area (Å²) in [5.74, 6) is 0.437. The van der Waals surface area contributed by atoms with E-state index in [0.717, 1.165) is 23.4 Å². The average molecular weight is 537 g/mol. The van der Waals surface area contributed by atoms with Gasteiger partial charge in [-0.15, -0.1) is 24.0 Å². The largest absolute Gasteiger partial charge is 0.380 e. The fraction of sp³-hybridized carbons (Fsp3) is 0.304. The van der Waals surface area contributed by atoms with Gasteiger partial charge in [0.1, 0.15) is 5.82 Å². The summed E-state index contributed by atoms with van der Waals surface area (Å²) < 4.78 is 20.7. The predicted molar refractivity (Wildman–Crippen MR) is 132 cm³/mol. The van der Waals surface area contributed by atoms with Crippen molar-refractivity contribution in [1.82, 2.24) is 20.4 Å². The lowest BCUT2D eigenvalue weighted by Crippen LogP contribution is -2.38. The van der Waals surface area contributed by atoms with E-state index in [9.17, 15) is 4.39 Å². The summed E-state index contributed by atoms with van der Waals surface area (Å²) in [6.07, 6.45) is 3.68. The molecule has 0 aliphatic carbocycles. The number of nitrogens with zero attached hydrogens (tertiary/aromatic N) is 3. The Morgan fingerprint density at radius 3 is 2.77 bits per heavy atom. The minimum absolute atomic E-state index is 0. The first-order valence-corrected chi connectivity index (χ1v) is 10.0. The molecule has 31 heavy (non-hydrogen) atoms. The van der Waals surface area contributed by atoms with Crippen LogP contribution in [0.25, 0.3) is 5.69 Å². The van der Waals surface area contributed by atoms with Crippen LogP contribution in [0.15, 0.2) is 65.9 Å². The van der Waals surface area contributed by atoms with Gasteiger partial charge in [0.15, 0.2) is 5.96 Å². The van der Waals surface area contributed by atoms with Crippen molar-refractivity contribution >= 4 is 29.9 Å². The van der Waals surface area contributed by atoms with Crippen molar-refractivity contribution in [2.75, 3.05) is 13.7 Å². The van der Waals surface area contributed by atoms with Gasteiger partial charge in [-0.25, -0.2) is 14.1 Å². The van der Waals surface area contributed by atoms with E-state index in [1.165, 1.54) is 6.07 Å². The molecule has 2 aromatic carbocycles. The van der Waals surface area contributed by atoms with Crippen molar-refractivity contribution in [2.45, 2.75) is 33.0 Å². The Morgan fingerprint density at radius 1 is 1.23 bits per heavy atom. The third-order valence-corrected chi connectivity index (χ3v) is 4.67. The Kier molecular flexibility index (Phi) is 9.93. The molecular weight excluding hydrogens is 508 g/mol. The van der Waals surface area contributed by atoms with E-state index in [1.807, 2.05) is 36.0 Å². The van der Waals surface area contributed by atoms with E-state index >= 15 is 0 Å². The fourth-order valence-corrected chi connectivity index (χ4v) is 3.13. The van der Waals surface area contributed by atoms with Gasteiger partial charge < -0.3 is 15.4 Å². The highest BCUT2D eigenvalue weighted by molar-refractivity contribution is 14.0. The van der Waals surface area contributed by atoms with Gasteiger partial charge in [-0.1, -0.05) is 18.2 Å². The molecule has 0 saturated carbocycles. The fourth-order valence-electron chi connectivity index (χ4n) is 3.13. The maximum absolute atomic E-state index is 13.8. The molecule has 6 nitrogen and oxygen atoms in total. The summed E-state index contributed by atoms with van der Waals surface area (Å²) in [6.45, 7) is 5.53. The molecule has 1 atom stereocenters. The minimum Gasteiger partial charge on any atom is -0.380 e. The topological polar surface area (TPSA) is 63.5 Å². The Hall–Kier alpha value is -2.46. The molecule has 0 amide bonds. The summed E-state index contributed by atoms with van der Waals surface area (Å²) >= 11 is 0. The molecule has 8 heteroatoms. The Morgan fingerprint density at radius 2 is 2.06 bits per heavy atom. The molecule has 1 unspecified atom stereocenters. The van der Waals surface area contributed by atoms with E-state index in [-0.39, 0.29) is 42.4 Å². The van der Waals surface area contributed by atoms with Gasteiger partial charge in [0.05, 0.1) is 24.9 Å². The summed E-state index contributed by atoms with van der Waals surface area (Å²) in [4.78, 5) is 4.67. The molecular formula is C23H29FIN5O. The first kappa shape index (κ1) is 24.8. The zero-order valence-corrected chi connectivity index (χ0v) is 20.3.